The first-order chi connectivity index (χ1) is 14.5. The number of methoxy groups -OCH3 is 1. The van der Waals surface area contributed by atoms with Crippen LogP contribution in [0.2, 0.25) is 0 Å². The number of ether oxygens (including phenoxy) is 2. The van der Waals surface area contributed by atoms with E-state index in [9.17, 15) is 14.9 Å². The van der Waals surface area contributed by atoms with Crippen LogP contribution in [0.15, 0.2) is 76.5 Å². The Morgan fingerprint density at radius 3 is 2.40 bits per heavy atom. The minimum absolute atomic E-state index is 0.0308. The average molecular weight is 417 g/mol. The highest BCUT2D eigenvalue weighted by Gasteiger charge is 2.16. The second-order valence-corrected chi connectivity index (χ2v) is 7.45. The van der Waals surface area contributed by atoms with E-state index in [1.807, 2.05) is 24.3 Å². The summed E-state index contributed by atoms with van der Waals surface area (Å²) in [5, 5.41) is 9.31. The molecule has 0 amide bonds. The quantitative estimate of drug-likeness (QED) is 0.385. The molecule has 0 fully saturated rings. The molecule has 0 aliphatic rings. The van der Waals surface area contributed by atoms with E-state index in [2.05, 4.69) is 6.07 Å². The Morgan fingerprint density at radius 2 is 1.70 bits per heavy atom. The van der Waals surface area contributed by atoms with Crippen molar-refractivity contribution in [2.75, 3.05) is 7.11 Å². The highest BCUT2D eigenvalue weighted by molar-refractivity contribution is 7.99. The first-order valence-corrected chi connectivity index (χ1v) is 9.96. The normalized spacial score (nSPS) is 10.2. The SMILES string of the molecule is COc1ccc(C(C)=O)cc1COC(=O)c1ccccc1Sc1ccccc1C#N. The lowest BCUT2D eigenvalue weighted by Crippen LogP contribution is -2.08. The van der Waals surface area contributed by atoms with Crippen LogP contribution in [0.4, 0.5) is 0 Å². The second-order valence-electron chi connectivity index (χ2n) is 6.37. The molecule has 0 heterocycles. The highest BCUT2D eigenvalue weighted by Crippen LogP contribution is 2.33. The number of nitrogens with zero attached hydrogens (tertiary/aromatic N) is 1. The summed E-state index contributed by atoms with van der Waals surface area (Å²) in [7, 11) is 1.52. The molecule has 0 unspecified atom stereocenters. The summed E-state index contributed by atoms with van der Waals surface area (Å²) >= 11 is 1.34. The maximum absolute atomic E-state index is 12.8. The van der Waals surface area contributed by atoms with Crippen molar-refractivity contribution in [1.29, 1.82) is 5.26 Å². The average Bonchev–Trinajstić information content (AvgIpc) is 2.77. The number of benzene rings is 3. The van der Waals surface area contributed by atoms with Crippen LogP contribution >= 0.6 is 11.8 Å². The van der Waals surface area contributed by atoms with Crippen molar-refractivity contribution in [3.8, 4) is 11.8 Å². The van der Waals surface area contributed by atoms with Crippen molar-refractivity contribution in [3.63, 3.8) is 0 Å². The van der Waals surface area contributed by atoms with Crippen molar-refractivity contribution in [1.82, 2.24) is 0 Å². The van der Waals surface area contributed by atoms with Crippen LogP contribution in [0.1, 0.15) is 38.8 Å². The standard InChI is InChI=1S/C24H19NO4S/c1-16(26)17-11-12-21(28-2)19(13-17)15-29-24(27)20-8-4-6-10-23(20)30-22-9-5-3-7-18(22)14-25/h3-13H,15H2,1-2H3. The maximum Gasteiger partial charge on any atom is 0.339 e. The molecule has 150 valence electrons. The summed E-state index contributed by atoms with van der Waals surface area (Å²) in [6.07, 6.45) is 0. The Morgan fingerprint density at radius 1 is 1.00 bits per heavy atom. The Hall–Kier alpha value is -3.56. The number of rotatable bonds is 7. The summed E-state index contributed by atoms with van der Waals surface area (Å²) in [5.74, 6) is -0.0376. The first kappa shape index (κ1) is 21.2. The molecule has 0 bridgehead atoms. The molecule has 0 N–H and O–H groups in total. The lowest BCUT2D eigenvalue weighted by Gasteiger charge is -2.12. The van der Waals surface area contributed by atoms with E-state index in [0.717, 1.165) is 4.90 Å². The van der Waals surface area contributed by atoms with Crippen molar-refractivity contribution < 1.29 is 19.1 Å². The van der Waals surface area contributed by atoms with Gasteiger partial charge in [0.15, 0.2) is 5.78 Å². The van der Waals surface area contributed by atoms with Gasteiger partial charge in [-0.2, -0.15) is 5.26 Å². The molecule has 3 aromatic rings. The van der Waals surface area contributed by atoms with Crippen LogP contribution in [0.3, 0.4) is 0 Å². The van der Waals surface area contributed by atoms with Gasteiger partial charge >= 0.3 is 5.97 Å². The summed E-state index contributed by atoms with van der Waals surface area (Å²) in [6, 6.07) is 21.5. The molecule has 0 spiro atoms. The van der Waals surface area contributed by atoms with Gasteiger partial charge in [0.25, 0.3) is 0 Å². The highest BCUT2D eigenvalue weighted by atomic mass is 32.2. The monoisotopic (exact) mass is 417 g/mol. The summed E-state index contributed by atoms with van der Waals surface area (Å²) in [5.41, 5.74) is 2.07. The number of hydrogen-bond acceptors (Lipinski definition) is 6. The van der Waals surface area contributed by atoms with Gasteiger partial charge in [0, 0.05) is 20.9 Å². The second kappa shape index (κ2) is 9.77. The zero-order chi connectivity index (χ0) is 21.5. The molecule has 0 atom stereocenters. The van der Waals surface area contributed by atoms with Crippen LogP contribution in [0, 0.1) is 11.3 Å². The van der Waals surface area contributed by atoms with Crippen LogP contribution in [-0.2, 0) is 11.3 Å². The molecular weight excluding hydrogens is 398 g/mol. The van der Waals surface area contributed by atoms with Gasteiger partial charge in [-0.1, -0.05) is 36.0 Å². The number of nitriles is 1. The third-order valence-corrected chi connectivity index (χ3v) is 5.53. The molecule has 0 saturated carbocycles. The van der Waals surface area contributed by atoms with Crippen molar-refractivity contribution in [3.05, 3.63) is 89.0 Å². The van der Waals surface area contributed by atoms with Gasteiger partial charge < -0.3 is 9.47 Å². The minimum atomic E-state index is -0.497. The van der Waals surface area contributed by atoms with Crippen LogP contribution in [0.5, 0.6) is 5.75 Å². The van der Waals surface area contributed by atoms with E-state index >= 15 is 0 Å². The van der Waals surface area contributed by atoms with E-state index in [-0.39, 0.29) is 12.4 Å². The molecule has 5 nitrogen and oxygen atoms in total. The molecule has 3 rings (SSSR count). The lowest BCUT2D eigenvalue weighted by atomic mass is 10.1. The van der Waals surface area contributed by atoms with E-state index in [1.165, 1.54) is 25.8 Å². The first-order valence-electron chi connectivity index (χ1n) is 9.14. The van der Waals surface area contributed by atoms with E-state index in [0.29, 0.717) is 32.9 Å². The molecule has 30 heavy (non-hydrogen) atoms. The van der Waals surface area contributed by atoms with Crippen molar-refractivity contribution in [2.45, 2.75) is 23.3 Å². The Kier molecular flexibility index (Phi) is 6.89. The summed E-state index contributed by atoms with van der Waals surface area (Å²) < 4.78 is 10.8. The van der Waals surface area contributed by atoms with E-state index in [4.69, 9.17) is 9.47 Å². The van der Waals surface area contributed by atoms with E-state index < -0.39 is 5.97 Å². The summed E-state index contributed by atoms with van der Waals surface area (Å²) in [6.45, 7) is 1.45. The fourth-order valence-corrected chi connectivity index (χ4v) is 3.84. The predicted molar refractivity (Wildman–Crippen MR) is 114 cm³/mol. The van der Waals surface area contributed by atoms with Crippen LogP contribution in [-0.4, -0.2) is 18.9 Å². The van der Waals surface area contributed by atoms with Gasteiger partial charge in [0.1, 0.15) is 18.4 Å². The number of carbonyl (C=O) groups excluding carboxylic acids is 2. The minimum Gasteiger partial charge on any atom is -0.496 e. The number of ketones is 1. The molecule has 0 saturated heterocycles. The third kappa shape index (κ3) is 4.88. The third-order valence-electron chi connectivity index (χ3n) is 4.38. The summed E-state index contributed by atoms with van der Waals surface area (Å²) in [4.78, 5) is 25.9. The molecule has 0 aromatic heterocycles. The molecule has 0 aliphatic carbocycles. The number of carbonyl (C=O) groups is 2. The van der Waals surface area contributed by atoms with Gasteiger partial charge in [0.05, 0.1) is 18.2 Å². The zero-order valence-corrected chi connectivity index (χ0v) is 17.4. The molecular formula is C24H19NO4S. The van der Waals surface area contributed by atoms with Crippen LogP contribution < -0.4 is 4.74 Å². The van der Waals surface area contributed by atoms with Crippen molar-refractivity contribution in [2.24, 2.45) is 0 Å². The number of Topliss-reactive ketones (excluding diaryl/α,β-unsaturated/α-hetero) is 1. The topological polar surface area (TPSA) is 76.4 Å². The van der Waals surface area contributed by atoms with Crippen molar-refractivity contribution >= 4 is 23.5 Å². The smallest absolute Gasteiger partial charge is 0.339 e. The van der Waals surface area contributed by atoms with Gasteiger partial charge in [-0.3, -0.25) is 4.79 Å². The van der Waals surface area contributed by atoms with Gasteiger partial charge in [-0.05, 0) is 49.4 Å². The zero-order valence-electron chi connectivity index (χ0n) is 16.5. The van der Waals surface area contributed by atoms with Gasteiger partial charge in [-0.15, -0.1) is 0 Å². The Bertz CT molecular complexity index is 1130. The predicted octanol–water partition coefficient (Wildman–Crippen LogP) is 5.28. The number of esters is 1. The Labute approximate surface area is 179 Å². The fraction of sp³-hybridized carbons (Fsp3) is 0.125. The number of hydrogen-bond donors (Lipinski definition) is 0. The van der Waals surface area contributed by atoms with Gasteiger partial charge in [-0.25, -0.2) is 4.79 Å². The van der Waals surface area contributed by atoms with Gasteiger partial charge in [0.2, 0.25) is 0 Å². The van der Waals surface area contributed by atoms with E-state index in [1.54, 1.807) is 42.5 Å². The largest absolute Gasteiger partial charge is 0.496 e. The Balaban J connectivity index is 1.81. The fourth-order valence-electron chi connectivity index (χ4n) is 2.82. The van der Waals surface area contributed by atoms with Crippen LogP contribution in [0.25, 0.3) is 0 Å². The molecule has 6 heteroatoms. The molecule has 3 aromatic carbocycles. The molecule has 0 radical (unpaired) electrons. The maximum atomic E-state index is 12.8. The molecule has 0 aliphatic heterocycles. The lowest BCUT2D eigenvalue weighted by molar-refractivity contribution is 0.0466.